The Bertz CT molecular complexity index is 622. The number of rotatable bonds is 5. The first-order valence-corrected chi connectivity index (χ1v) is 6.56. The molecule has 0 amide bonds. The number of imidazole rings is 1. The SMILES string of the molecule is CCCc1nc2cc(F)c(F)cc2n1CCC(N)=S. The first-order chi connectivity index (χ1) is 9.02. The van der Waals surface area contributed by atoms with Gasteiger partial charge in [0, 0.05) is 31.5 Å². The van der Waals surface area contributed by atoms with Gasteiger partial charge in [-0.25, -0.2) is 13.8 Å². The van der Waals surface area contributed by atoms with Crippen molar-refractivity contribution in [2.24, 2.45) is 5.73 Å². The van der Waals surface area contributed by atoms with Gasteiger partial charge in [-0.1, -0.05) is 19.1 Å². The van der Waals surface area contributed by atoms with Crippen LogP contribution < -0.4 is 5.73 Å². The number of hydrogen-bond donors (Lipinski definition) is 1. The minimum Gasteiger partial charge on any atom is -0.393 e. The van der Waals surface area contributed by atoms with Crippen LogP contribution in [0.25, 0.3) is 11.0 Å². The van der Waals surface area contributed by atoms with Crippen molar-refractivity contribution in [3.63, 3.8) is 0 Å². The smallest absolute Gasteiger partial charge is 0.161 e. The van der Waals surface area contributed by atoms with Crippen LogP contribution in [0.3, 0.4) is 0 Å². The zero-order valence-electron chi connectivity index (χ0n) is 10.6. The van der Waals surface area contributed by atoms with Gasteiger partial charge in [-0.3, -0.25) is 0 Å². The van der Waals surface area contributed by atoms with E-state index in [1.54, 1.807) is 0 Å². The predicted octanol–water partition coefficient (Wildman–Crippen LogP) is 2.94. The fourth-order valence-electron chi connectivity index (χ4n) is 2.06. The lowest BCUT2D eigenvalue weighted by atomic mass is 10.3. The van der Waals surface area contributed by atoms with Crippen molar-refractivity contribution in [2.45, 2.75) is 32.7 Å². The second kappa shape index (κ2) is 5.61. The van der Waals surface area contributed by atoms with Gasteiger partial charge >= 0.3 is 0 Å². The minimum atomic E-state index is -0.880. The average Bonchev–Trinajstić information content (AvgIpc) is 2.65. The van der Waals surface area contributed by atoms with Crippen molar-refractivity contribution in [3.8, 4) is 0 Å². The van der Waals surface area contributed by atoms with Crippen LogP contribution in [0.2, 0.25) is 0 Å². The average molecular weight is 283 g/mol. The maximum absolute atomic E-state index is 13.4. The van der Waals surface area contributed by atoms with Gasteiger partial charge in [-0.15, -0.1) is 0 Å². The summed E-state index contributed by atoms with van der Waals surface area (Å²) in [7, 11) is 0. The highest BCUT2D eigenvalue weighted by Crippen LogP contribution is 2.21. The third-order valence-corrected chi connectivity index (χ3v) is 3.13. The molecule has 2 aromatic rings. The Balaban J connectivity index is 2.51. The molecule has 2 N–H and O–H groups in total. The van der Waals surface area contributed by atoms with Crippen molar-refractivity contribution in [3.05, 3.63) is 29.6 Å². The van der Waals surface area contributed by atoms with E-state index in [9.17, 15) is 8.78 Å². The Morgan fingerprint density at radius 3 is 2.68 bits per heavy atom. The summed E-state index contributed by atoms with van der Waals surface area (Å²) in [6, 6.07) is 2.30. The van der Waals surface area contributed by atoms with Crippen molar-refractivity contribution in [2.75, 3.05) is 0 Å². The minimum absolute atomic E-state index is 0.395. The highest BCUT2D eigenvalue weighted by atomic mass is 32.1. The standard InChI is InChI=1S/C13H15F2N3S/c1-2-3-13-17-10-6-8(14)9(15)7-11(10)18(13)5-4-12(16)19/h6-7H,2-5H2,1H3,(H2,16,19). The third kappa shape index (κ3) is 2.89. The summed E-state index contributed by atoms with van der Waals surface area (Å²) in [5.74, 6) is -0.944. The quantitative estimate of drug-likeness (QED) is 0.858. The van der Waals surface area contributed by atoms with Crippen LogP contribution in [-0.4, -0.2) is 14.5 Å². The second-order valence-electron chi connectivity index (χ2n) is 4.40. The monoisotopic (exact) mass is 283 g/mol. The molecule has 0 fully saturated rings. The summed E-state index contributed by atoms with van der Waals surface area (Å²) in [5, 5.41) is 0. The molecule has 1 aromatic heterocycles. The Kier molecular flexibility index (Phi) is 4.09. The molecule has 6 heteroatoms. The number of nitrogens with zero attached hydrogens (tertiary/aromatic N) is 2. The summed E-state index contributed by atoms with van der Waals surface area (Å²) in [6.45, 7) is 2.56. The molecule has 1 heterocycles. The number of hydrogen-bond acceptors (Lipinski definition) is 2. The molecule has 0 aliphatic heterocycles. The Morgan fingerprint density at radius 1 is 1.37 bits per heavy atom. The second-order valence-corrected chi connectivity index (χ2v) is 4.93. The fourth-order valence-corrected chi connectivity index (χ4v) is 2.15. The molecule has 0 saturated carbocycles. The van der Waals surface area contributed by atoms with E-state index in [-0.39, 0.29) is 0 Å². The van der Waals surface area contributed by atoms with E-state index in [0.29, 0.717) is 29.0 Å². The van der Waals surface area contributed by atoms with Crippen LogP contribution in [0.4, 0.5) is 8.78 Å². The van der Waals surface area contributed by atoms with Gasteiger partial charge in [0.25, 0.3) is 0 Å². The molecule has 19 heavy (non-hydrogen) atoms. The normalized spacial score (nSPS) is 11.1. The molecule has 0 bridgehead atoms. The van der Waals surface area contributed by atoms with Crippen LogP contribution in [0.15, 0.2) is 12.1 Å². The van der Waals surface area contributed by atoms with Crippen LogP contribution in [-0.2, 0) is 13.0 Å². The van der Waals surface area contributed by atoms with E-state index < -0.39 is 11.6 Å². The summed E-state index contributed by atoms with van der Waals surface area (Å²) >= 11 is 4.86. The topological polar surface area (TPSA) is 43.8 Å². The highest BCUT2D eigenvalue weighted by molar-refractivity contribution is 7.80. The summed E-state index contributed by atoms with van der Waals surface area (Å²) in [4.78, 5) is 4.75. The van der Waals surface area contributed by atoms with E-state index >= 15 is 0 Å². The third-order valence-electron chi connectivity index (χ3n) is 2.92. The molecule has 0 aliphatic rings. The molecule has 0 radical (unpaired) electrons. The molecular weight excluding hydrogens is 268 g/mol. The first-order valence-electron chi connectivity index (χ1n) is 6.15. The van der Waals surface area contributed by atoms with E-state index in [1.165, 1.54) is 6.07 Å². The Hall–Kier alpha value is -1.56. The number of nitrogens with two attached hydrogens (primary N) is 1. The molecule has 2 rings (SSSR count). The van der Waals surface area contributed by atoms with Crippen molar-refractivity contribution in [1.29, 1.82) is 0 Å². The maximum Gasteiger partial charge on any atom is 0.161 e. The highest BCUT2D eigenvalue weighted by Gasteiger charge is 2.13. The number of fused-ring (bicyclic) bond motifs is 1. The number of thiocarbonyl (C=S) groups is 1. The van der Waals surface area contributed by atoms with Crippen LogP contribution in [0.5, 0.6) is 0 Å². The fraction of sp³-hybridized carbons (Fsp3) is 0.385. The van der Waals surface area contributed by atoms with Crippen molar-refractivity contribution < 1.29 is 8.78 Å². The van der Waals surface area contributed by atoms with Crippen molar-refractivity contribution in [1.82, 2.24) is 9.55 Å². The van der Waals surface area contributed by atoms with Gasteiger partial charge in [0.2, 0.25) is 0 Å². The zero-order valence-corrected chi connectivity index (χ0v) is 11.4. The molecule has 3 nitrogen and oxygen atoms in total. The van der Waals surface area contributed by atoms with Gasteiger partial charge in [0.1, 0.15) is 5.82 Å². The zero-order chi connectivity index (χ0) is 14.0. The summed E-state index contributed by atoms with van der Waals surface area (Å²) in [5.41, 5.74) is 6.54. The largest absolute Gasteiger partial charge is 0.393 e. The number of halogens is 2. The molecule has 0 atom stereocenters. The van der Waals surface area contributed by atoms with E-state index in [2.05, 4.69) is 4.98 Å². The van der Waals surface area contributed by atoms with Gasteiger partial charge in [0.15, 0.2) is 11.6 Å². The Labute approximate surface area is 115 Å². The van der Waals surface area contributed by atoms with Crippen molar-refractivity contribution >= 4 is 28.2 Å². The maximum atomic E-state index is 13.4. The lowest BCUT2D eigenvalue weighted by Crippen LogP contribution is -2.13. The van der Waals surface area contributed by atoms with E-state index in [0.717, 1.165) is 24.7 Å². The Morgan fingerprint density at radius 2 is 2.05 bits per heavy atom. The first kappa shape index (κ1) is 13.9. The predicted molar refractivity (Wildman–Crippen MR) is 75.0 cm³/mol. The van der Waals surface area contributed by atoms with E-state index in [4.69, 9.17) is 18.0 Å². The molecule has 0 aliphatic carbocycles. The molecule has 0 unspecified atom stereocenters. The molecule has 1 aromatic carbocycles. The lowest BCUT2D eigenvalue weighted by Gasteiger charge is -2.08. The van der Waals surface area contributed by atoms with Gasteiger partial charge in [0.05, 0.1) is 16.0 Å². The molecule has 102 valence electrons. The van der Waals surface area contributed by atoms with Gasteiger partial charge in [-0.05, 0) is 6.42 Å². The summed E-state index contributed by atoms with van der Waals surface area (Å²) < 4.78 is 28.4. The number of aromatic nitrogens is 2. The van der Waals surface area contributed by atoms with Crippen LogP contribution in [0, 0.1) is 11.6 Å². The van der Waals surface area contributed by atoms with Crippen LogP contribution >= 0.6 is 12.2 Å². The molecule has 0 saturated heterocycles. The molecule has 0 spiro atoms. The van der Waals surface area contributed by atoms with Crippen LogP contribution in [0.1, 0.15) is 25.6 Å². The number of aryl methyl sites for hydroxylation is 2. The van der Waals surface area contributed by atoms with Gasteiger partial charge in [-0.2, -0.15) is 0 Å². The van der Waals surface area contributed by atoms with E-state index in [1.807, 2.05) is 11.5 Å². The summed E-state index contributed by atoms with van der Waals surface area (Å²) in [6.07, 6.45) is 2.16. The van der Waals surface area contributed by atoms with Gasteiger partial charge < -0.3 is 10.3 Å². The number of benzene rings is 1. The lowest BCUT2D eigenvalue weighted by molar-refractivity contribution is 0.510. The molecular formula is C13H15F2N3S.